The minimum atomic E-state index is -0.560. The topological polar surface area (TPSA) is 52.6 Å². The van der Waals surface area contributed by atoms with Gasteiger partial charge in [-0.15, -0.1) is 0 Å². The van der Waals surface area contributed by atoms with Crippen molar-refractivity contribution in [3.63, 3.8) is 0 Å². The number of carbonyl (C=O) groups excluding carboxylic acids is 2. The van der Waals surface area contributed by atoms with Crippen LogP contribution in [0.4, 0.5) is 0 Å². The van der Waals surface area contributed by atoms with Gasteiger partial charge in [0.2, 0.25) is 0 Å². The fourth-order valence-corrected chi connectivity index (χ4v) is 3.56. The number of rotatable bonds is 14. The van der Waals surface area contributed by atoms with E-state index in [1.165, 1.54) is 38.5 Å². The third-order valence-corrected chi connectivity index (χ3v) is 5.34. The average molecular weight is 445 g/mol. The van der Waals surface area contributed by atoms with Crippen molar-refractivity contribution in [1.82, 2.24) is 0 Å². The molecule has 0 fully saturated rings. The zero-order valence-electron chi connectivity index (χ0n) is 18.4. The highest BCUT2D eigenvalue weighted by molar-refractivity contribution is 6.30. The lowest BCUT2D eigenvalue weighted by molar-refractivity contribution is 0.0436. The Morgan fingerprint density at radius 1 is 0.742 bits per heavy atom. The molecule has 0 atom stereocenters. The van der Waals surface area contributed by atoms with Crippen molar-refractivity contribution in [3.05, 3.63) is 70.2 Å². The van der Waals surface area contributed by atoms with E-state index in [0.717, 1.165) is 24.8 Å². The van der Waals surface area contributed by atoms with Crippen LogP contribution in [-0.2, 0) is 16.1 Å². The fraction of sp³-hybridized carbons (Fsp3) is 0.462. The molecule has 2 rings (SSSR count). The van der Waals surface area contributed by atoms with E-state index in [0.29, 0.717) is 11.6 Å². The SMILES string of the molecule is CCCCCCCCCCCOC(=O)c1ccccc1C(=O)OCc1cccc(Cl)c1. The molecule has 0 saturated heterocycles. The highest BCUT2D eigenvalue weighted by Crippen LogP contribution is 2.16. The molecule has 0 aromatic heterocycles. The maximum Gasteiger partial charge on any atom is 0.339 e. The molecule has 0 aliphatic carbocycles. The zero-order chi connectivity index (χ0) is 22.3. The Kier molecular flexibility index (Phi) is 11.8. The summed E-state index contributed by atoms with van der Waals surface area (Å²) in [6, 6.07) is 13.7. The minimum absolute atomic E-state index is 0.0845. The smallest absolute Gasteiger partial charge is 0.339 e. The summed E-state index contributed by atoms with van der Waals surface area (Å²) in [6.45, 7) is 2.67. The number of hydrogen-bond donors (Lipinski definition) is 0. The lowest BCUT2D eigenvalue weighted by Gasteiger charge is -2.10. The summed E-state index contributed by atoms with van der Waals surface area (Å²) in [5.41, 5.74) is 1.22. The zero-order valence-corrected chi connectivity index (χ0v) is 19.2. The molecule has 0 spiro atoms. The van der Waals surface area contributed by atoms with Crippen molar-refractivity contribution < 1.29 is 19.1 Å². The van der Waals surface area contributed by atoms with E-state index in [9.17, 15) is 9.59 Å². The third-order valence-electron chi connectivity index (χ3n) is 5.11. The molecule has 0 aliphatic heterocycles. The van der Waals surface area contributed by atoms with E-state index in [2.05, 4.69) is 6.92 Å². The Hall–Kier alpha value is -2.33. The quantitative estimate of drug-likeness (QED) is 0.225. The molecule has 0 unspecified atom stereocenters. The molecule has 0 saturated carbocycles. The Morgan fingerprint density at radius 2 is 1.32 bits per heavy atom. The molecule has 0 amide bonds. The number of carbonyl (C=O) groups is 2. The van der Waals surface area contributed by atoms with Crippen molar-refractivity contribution in [3.8, 4) is 0 Å². The average Bonchev–Trinajstić information content (AvgIpc) is 2.78. The van der Waals surface area contributed by atoms with Crippen LogP contribution in [-0.4, -0.2) is 18.5 Å². The maximum absolute atomic E-state index is 12.5. The molecular formula is C26H33ClO4. The molecule has 0 bridgehead atoms. The van der Waals surface area contributed by atoms with Crippen LogP contribution in [0.5, 0.6) is 0 Å². The number of esters is 2. The highest BCUT2D eigenvalue weighted by atomic mass is 35.5. The van der Waals surface area contributed by atoms with Crippen molar-refractivity contribution >= 4 is 23.5 Å². The predicted molar refractivity (Wildman–Crippen MR) is 125 cm³/mol. The Bertz CT molecular complexity index is 819. The first-order chi connectivity index (χ1) is 15.1. The lowest BCUT2D eigenvalue weighted by atomic mass is 10.1. The van der Waals surface area contributed by atoms with Gasteiger partial charge in [0, 0.05) is 5.02 Å². The molecule has 168 valence electrons. The Morgan fingerprint density at radius 3 is 1.94 bits per heavy atom. The van der Waals surface area contributed by atoms with Crippen molar-refractivity contribution in [2.45, 2.75) is 71.3 Å². The summed E-state index contributed by atoms with van der Waals surface area (Å²) in [5, 5.41) is 0.578. The normalized spacial score (nSPS) is 10.6. The van der Waals surface area contributed by atoms with Crippen LogP contribution in [0, 0.1) is 0 Å². The van der Waals surface area contributed by atoms with Crippen LogP contribution < -0.4 is 0 Å². The second-order valence-corrected chi connectivity index (χ2v) is 8.15. The second kappa shape index (κ2) is 14.6. The first-order valence-corrected chi connectivity index (χ1v) is 11.7. The molecule has 5 heteroatoms. The van der Waals surface area contributed by atoms with Crippen molar-refractivity contribution in [1.29, 1.82) is 0 Å². The van der Waals surface area contributed by atoms with E-state index in [-0.39, 0.29) is 17.7 Å². The standard InChI is InChI=1S/C26H33ClO4/c1-2-3-4-5-6-7-8-9-12-18-30-25(28)23-16-10-11-17-24(23)26(29)31-20-21-14-13-15-22(27)19-21/h10-11,13-17,19H,2-9,12,18,20H2,1H3. The van der Waals surface area contributed by atoms with Crippen LogP contribution >= 0.6 is 11.6 Å². The molecule has 2 aromatic carbocycles. The molecule has 31 heavy (non-hydrogen) atoms. The largest absolute Gasteiger partial charge is 0.462 e. The number of hydrogen-bond acceptors (Lipinski definition) is 4. The second-order valence-electron chi connectivity index (χ2n) is 7.72. The molecule has 0 N–H and O–H groups in total. The van der Waals surface area contributed by atoms with Crippen LogP contribution in [0.25, 0.3) is 0 Å². The summed E-state index contributed by atoms with van der Waals surface area (Å²) in [4.78, 5) is 25.0. The molecule has 0 radical (unpaired) electrons. The van der Waals surface area contributed by atoms with Gasteiger partial charge in [-0.25, -0.2) is 9.59 Å². The van der Waals surface area contributed by atoms with Gasteiger partial charge in [0.05, 0.1) is 17.7 Å². The lowest BCUT2D eigenvalue weighted by Crippen LogP contribution is -2.14. The van der Waals surface area contributed by atoms with Gasteiger partial charge in [0.25, 0.3) is 0 Å². The summed E-state index contributed by atoms with van der Waals surface area (Å²) in [7, 11) is 0. The molecule has 2 aromatic rings. The van der Waals surface area contributed by atoms with Crippen LogP contribution in [0.15, 0.2) is 48.5 Å². The van der Waals surface area contributed by atoms with Gasteiger partial charge in [0.15, 0.2) is 0 Å². The van der Waals surface area contributed by atoms with Gasteiger partial charge in [-0.1, -0.05) is 94.2 Å². The predicted octanol–water partition coefficient (Wildman–Crippen LogP) is 7.38. The third kappa shape index (κ3) is 9.56. The van der Waals surface area contributed by atoms with Gasteiger partial charge in [-0.2, -0.15) is 0 Å². The summed E-state index contributed by atoms with van der Waals surface area (Å²) in [6.07, 6.45) is 10.8. The van der Waals surface area contributed by atoms with E-state index in [1.807, 2.05) is 6.07 Å². The van der Waals surface area contributed by atoms with Crippen molar-refractivity contribution in [2.24, 2.45) is 0 Å². The van der Waals surface area contributed by atoms with Crippen molar-refractivity contribution in [2.75, 3.05) is 6.61 Å². The van der Waals surface area contributed by atoms with Crippen LogP contribution in [0.2, 0.25) is 5.02 Å². The van der Waals surface area contributed by atoms with Gasteiger partial charge in [-0.05, 0) is 36.2 Å². The summed E-state index contributed by atoms with van der Waals surface area (Å²) >= 11 is 5.96. The maximum atomic E-state index is 12.5. The minimum Gasteiger partial charge on any atom is -0.462 e. The van der Waals surface area contributed by atoms with E-state index in [4.69, 9.17) is 21.1 Å². The highest BCUT2D eigenvalue weighted by Gasteiger charge is 2.19. The first-order valence-electron chi connectivity index (χ1n) is 11.3. The molecule has 0 aliphatic rings. The van der Waals surface area contributed by atoms with Crippen LogP contribution in [0.1, 0.15) is 91.0 Å². The monoisotopic (exact) mass is 444 g/mol. The summed E-state index contributed by atoms with van der Waals surface area (Å²) in [5.74, 6) is -1.05. The fourth-order valence-electron chi connectivity index (χ4n) is 3.35. The molecule has 0 heterocycles. The van der Waals surface area contributed by atoms with Crippen LogP contribution in [0.3, 0.4) is 0 Å². The van der Waals surface area contributed by atoms with Gasteiger partial charge in [0.1, 0.15) is 6.61 Å². The Balaban J connectivity index is 1.73. The van der Waals surface area contributed by atoms with E-state index >= 15 is 0 Å². The van der Waals surface area contributed by atoms with Gasteiger partial charge >= 0.3 is 11.9 Å². The number of ether oxygens (including phenoxy) is 2. The number of benzene rings is 2. The van der Waals surface area contributed by atoms with E-state index in [1.54, 1.807) is 42.5 Å². The Labute approximate surface area is 190 Å². The van der Waals surface area contributed by atoms with Gasteiger partial charge < -0.3 is 9.47 Å². The molecule has 4 nitrogen and oxygen atoms in total. The van der Waals surface area contributed by atoms with E-state index < -0.39 is 11.9 Å². The van der Waals surface area contributed by atoms with Gasteiger partial charge in [-0.3, -0.25) is 0 Å². The number of unbranched alkanes of at least 4 members (excludes halogenated alkanes) is 8. The number of halogens is 1. The molecular weight excluding hydrogens is 412 g/mol. The summed E-state index contributed by atoms with van der Waals surface area (Å²) < 4.78 is 10.8. The first kappa shape index (κ1) is 24.9.